The molecule has 0 saturated carbocycles. The summed E-state index contributed by atoms with van der Waals surface area (Å²) in [5.74, 6) is 0.588. The molecular formula is C8H13N5. The highest BCUT2D eigenvalue weighted by Gasteiger charge is 2.04. The van der Waals surface area contributed by atoms with E-state index in [1.165, 1.54) is 6.20 Å². The summed E-state index contributed by atoms with van der Waals surface area (Å²) in [6, 6.07) is 1.67. The average molecular weight is 179 g/mol. The monoisotopic (exact) mass is 179 g/mol. The third kappa shape index (κ3) is 2.40. The summed E-state index contributed by atoms with van der Waals surface area (Å²) >= 11 is 0. The number of nitrogens with zero attached hydrogens (tertiary/aromatic N) is 2. The summed E-state index contributed by atoms with van der Waals surface area (Å²) in [4.78, 5) is 0. The molecule has 13 heavy (non-hydrogen) atoms. The van der Waals surface area contributed by atoms with Crippen molar-refractivity contribution < 1.29 is 0 Å². The highest BCUT2D eigenvalue weighted by molar-refractivity contribution is 5.99. The molecule has 0 spiro atoms. The van der Waals surface area contributed by atoms with Crippen molar-refractivity contribution in [2.45, 2.75) is 13.3 Å². The van der Waals surface area contributed by atoms with E-state index in [2.05, 4.69) is 22.4 Å². The molecule has 0 aliphatic heterocycles. The fourth-order valence-electron chi connectivity index (χ4n) is 0.923. The average Bonchev–Trinajstić information content (AvgIpc) is 2.15. The molecule has 0 bridgehead atoms. The van der Waals surface area contributed by atoms with Crippen LogP contribution in [0.3, 0.4) is 0 Å². The molecule has 1 heterocycles. The summed E-state index contributed by atoms with van der Waals surface area (Å²) < 4.78 is 0. The lowest BCUT2D eigenvalue weighted by Gasteiger charge is -2.06. The summed E-state index contributed by atoms with van der Waals surface area (Å²) in [6.07, 6.45) is 2.52. The second-order valence-corrected chi connectivity index (χ2v) is 2.63. The Labute approximate surface area is 76.9 Å². The Morgan fingerprint density at radius 2 is 2.46 bits per heavy atom. The van der Waals surface area contributed by atoms with Crippen LogP contribution < -0.4 is 11.1 Å². The Hall–Kier alpha value is -1.65. The van der Waals surface area contributed by atoms with Crippen LogP contribution in [0.25, 0.3) is 0 Å². The first-order valence-electron chi connectivity index (χ1n) is 4.15. The number of hydrogen-bond donors (Lipinski definition) is 3. The van der Waals surface area contributed by atoms with E-state index in [9.17, 15) is 0 Å². The maximum absolute atomic E-state index is 7.28. The van der Waals surface area contributed by atoms with E-state index >= 15 is 0 Å². The summed E-state index contributed by atoms with van der Waals surface area (Å²) in [5, 5.41) is 17.9. The normalized spacial score (nSPS) is 9.62. The van der Waals surface area contributed by atoms with Gasteiger partial charge < -0.3 is 11.1 Å². The van der Waals surface area contributed by atoms with Gasteiger partial charge in [0.2, 0.25) is 0 Å². The van der Waals surface area contributed by atoms with Crippen LogP contribution in [0.15, 0.2) is 12.3 Å². The predicted molar refractivity (Wildman–Crippen MR) is 51.8 cm³/mol. The zero-order chi connectivity index (χ0) is 9.68. The fourth-order valence-corrected chi connectivity index (χ4v) is 0.923. The Morgan fingerprint density at radius 1 is 1.69 bits per heavy atom. The number of anilines is 1. The lowest BCUT2D eigenvalue weighted by molar-refractivity contribution is 0.941. The molecule has 4 N–H and O–H groups in total. The van der Waals surface area contributed by atoms with Crippen molar-refractivity contribution in [3.8, 4) is 0 Å². The van der Waals surface area contributed by atoms with Gasteiger partial charge in [-0.3, -0.25) is 5.41 Å². The van der Waals surface area contributed by atoms with Gasteiger partial charge in [-0.15, -0.1) is 5.10 Å². The predicted octanol–water partition coefficient (Wildman–Crippen LogP) is 0.583. The van der Waals surface area contributed by atoms with E-state index in [1.54, 1.807) is 6.07 Å². The molecule has 1 rings (SSSR count). The minimum atomic E-state index is 0.00787. The third-order valence-electron chi connectivity index (χ3n) is 1.55. The number of aromatic nitrogens is 2. The largest absolute Gasteiger partial charge is 0.384 e. The van der Waals surface area contributed by atoms with Crippen LogP contribution in [0.4, 0.5) is 5.82 Å². The molecule has 70 valence electrons. The number of rotatable bonds is 4. The number of amidine groups is 1. The summed E-state index contributed by atoms with van der Waals surface area (Å²) in [6.45, 7) is 2.86. The lowest BCUT2D eigenvalue weighted by atomic mass is 10.2. The van der Waals surface area contributed by atoms with Gasteiger partial charge in [0.05, 0.1) is 11.8 Å². The Kier molecular flexibility index (Phi) is 3.19. The first kappa shape index (κ1) is 9.44. The number of nitrogen functional groups attached to an aromatic ring is 1. The second kappa shape index (κ2) is 4.39. The topological polar surface area (TPSA) is 87.7 Å². The van der Waals surface area contributed by atoms with Crippen LogP contribution in [-0.4, -0.2) is 22.6 Å². The lowest BCUT2D eigenvalue weighted by Crippen LogP contribution is -2.16. The number of nitrogens with one attached hydrogen (secondary N) is 2. The molecule has 0 saturated heterocycles. The molecule has 5 heteroatoms. The second-order valence-electron chi connectivity index (χ2n) is 2.63. The van der Waals surface area contributed by atoms with Gasteiger partial charge in [0.15, 0.2) is 5.82 Å². The highest BCUT2D eigenvalue weighted by Crippen LogP contribution is 2.08. The van der Waals surface area contributed by atoms with Crippen molar-refractivity contribution in [3.63, 3.8) is 0 Å². The third-order valence-corrected chi connectivity index (χ3v) is 1.55. The molecule has 0 fully saturated rings. The van der Waals surface area contributed by atoms with Gasteiger partial charge in [-0.1, -0.05) is 6.92 Å². The van der Waals surface area contributed by atoms with Gasteiger partial charge in [-0.25, -0.2) is 0 Å². The Bertz CT molecular complexity index is 296. The van der Waals surface area contributed by atoms with Gasteiger partial charge in [-0.2, -0.15) is 5.10 Å². The molecular weight excluding hydrogens is 166 g/mol. The van der Waals surface area contributed by atoms with Gasteiger partial charge in [-0.05, 0) is 12.5 Å². The van der Waals surface area contributed by atoms with Gasteiger partial charge in [0.1, 0.15) is 5.84 Å². The molecule has 0 radical (unpaired) electrons. The first-order chi connectivity index (χ1) is 6.25. The summed E-state index contributed by atoms with van der Waals surface area (Å²) in [7, 11) is 0. The van der Waals surface area contributed by atoms with Gasteiger partial charge in [0.25, 0.3) is 0 Å². The smallest absolute Gasteiger partial charge is 0.159 e. The first-order valence-corrected chi connectivity index (χ1v) is 4.15. The van der Waals surface area contributed by atoms with Gasteiger partial charge >= 0.3 is 0 Å². The minimum Gasteiger partial charge on any atom is -0.384 e. The molecule has 5 nitrogen and oxygen atoms in total. The van der Waals surface area contributed by atoms with E-state index in [0.717, 1.165) is 13.0 Å². The zero-order valence-electron chi connectivity index (χ0n) is 7.54. The maximum Gasteiger partial charge on any atom is 0.159 e. The molecule has 0 aliphatic rings. The molecule has 1 aromatic rings. The number of nitrogens with two attached hydrogens (primary N) is 1. The van der Waals surface area contributed by atoms with Crippen LogP contribution >= 0.6 is 0 Å². The van der Waals surface area contributed by atoms with Gasteiger partial charge in [0, 0.05) is 6.54 Å². The van der Waals surface area contributed by atoms with Crippen molar-refractivity contribution in [1.82, 2.24) is 10.2 Å². The highest BCUT2D eigenvalue weighted by atomic mass is 15.2. The Balaban J connectivity index is 2.84. The Morgan fingerprint density at radius 3 is 3.08 bits per heavy atom. The van der Waals surface area contributed by atoms with E-state index in [1.807, 2.05) is 0 Å². The van der Waals surface area contributed by atoms with E-state index in [0.29, 0.717) is 11.4 Å². The molecule has 0 atom stereocenters. The fraction of sp³-hybridized carbons (Fsp3) is 0.375. The van der Waals surface area contributed by atoms with Crippen LogP contribution in [0.1, 0.15) is 18.9 Å². The molecule has 0 aromatic carbocycles. The van der Waals surface area contributed by atoms with E-state index < -0.39 is 0 Å². The van der Waals surface area contributed by atoms with Crippen LogP contribution in [0, 0.1) is 5.41 Å². The van der Waals surface area contributed by atoms with Crippen molar-refractivity contribution in [2.24, 2.45) is 5.73 Å². The minimum absolute atomic E-state index is 0.00787. The SMILES string of the molecule is CCCNc1nnccc1C(=N)N. The van der Waals surface area contributed by atoms with E-state index in [4.69, 9.17) is 11.1 Å². The van der Waals surface area contributed by atoms with E-state index in [-0.39, 0.29) is 5.84 Å². The van der Waals surface area contributed by atoms with Crippen molar-refractivity contribution in [1.29, 1.82) is 5.41 Å². The van der Waals surface area contributed by atoms with Crippen molar-refractivity contribution in [2.75, 3.05) is 11.9 Å². The number of hydrogen-bond acceptors (Lipinski definition) is 4. The standard InChI is InChI=1S/C8H13N5/c1-2-4-11-8-6(7(9)10)3-5-12-13-8/h3,5H,2,4H2,1H3,(H3,9,10)(H,11,13). The van der Waals surface area contributed by atoms with Crippen molar-refractivity contribution >= 4 is 11.7 Å². The molecule has 0 amide bonds. The quantitative estimate of drug-likeness (QED) is 0.466. The van der Waals surface area contributed by atoms with Crippen LogP contribution in [-0.2, 0) is 0 Å². The van der Waals surface area contributed by atoms with Crippen LogP contribution in [0.5, 0.6) is 0 Å². The molecule has 0 aliphatic carbocycles. The summed E-state index contributed by atoms with van der Waals surface area (Å²) in [5.41, 5.74) is 5.96. The van der Waals surface area contributed by atoms with Crippen molar-refractivity contribution in [3.05, 3.63) is 17.8 Å². The maximum atomic E-state index is 7.28. The zero-order valence-corrected chi connectivity index (χ0v) is 7.54. The molecule has 1 aromatic heterocycles. The molecule has 0 unspecified atom stereocenters. The van der Waals surface area contributed by atoms with Crippen LogP contribution in [0.2, 0.25) is 0 Å².